The van der Waals surface area contributed by atoms with Gasteiger partial charge in [0.25, 0.3) is 0 Å². The highest BCUT2D eigenvalue weighted by Crippen LogP contribution is 2.24. The molecule has 0 bridgehead atoms. The van der Waals surface area contributed by atoms with E-state index in [-0.39, 0.29) is 17.2 Å². The van der Waals surface area contributed by atoms with Crippen molar-refractivity contribution in [2.45, 2.75) is 37.4 Å². The van der Waals surface area contributed by atoms with Crippen LogP contribution >= 0.6 is 0 Å². The number of aromatic nitrogens is 3. The zero-order chi connectivity index (χ0) is 12.3. The monoisotopic (exact) mass is 260 g/mol. The highest BCUT2D eigenvalue weighted by atomic mass is 32.2. The van der Waals surface area contributed by atoms with E-state index in [2.05, 4.69) is 19.9 Å². The van der Waals surface area contributed by atoms with Gasteiger partial charge in [-0.1, -0.05) is 19.3 Å². The third-order valence-electron chi connectivity index (χ3n) is 2.88. The van der Waals surface area contributed by atoms with E-state index in [1.54, 1.807) is 0 Å². The van der Waals surface area contributed by atoms with Crippen molar-refractivity contribution < 1.29 is 13.2 Å². The first-order valence-electron chi connectivity index (χ1n) is 5.60. The molecule has 0 unspecified atom stereocenters. The number of rotatable bonds is 4. The highest BCUT2D eigenvalue weighted by molar-refractivity contribution is 7.93. The summed E-state index contributed by atoms with van der Waals surface area (Å²) in [5.41, 5.74) is 0. The molecule has 1 heterocycles. The largest absolute Gasteiger partial charge is 0.466 e. The Morgan fingerprint density at radius 1 is 1.35 bits per heavy atom. The smallest absolute Gasteiger partial charge is 0.336 e. The Morgan fingerprint density at radius 3 is 2.65 bits per heavy atom. The molecular formula is C9H16N4O3S. The zero-order valence-corrected chi connectivity index (χ0v) is 10.5. The van der Waals surface area contributed by atoms with E-state index in [0.717, 1.165) is 19.3 Å². The lowest BCUT2D eigenvalue weighted by molar-refractivity contribution is 0.382. The first kappa shape index (κ1) is 12.2. The molecule has 1 aromatic rings. The van der Waals surface area contributed by atoms with Gasteiger partial charge in [-0.05, 0) is 12.8 Å². The Hall–Kier alpha value is -1.31. The molecule has 0 aromatic carbocycles. The summed E-state index contributed by atoms with van der Waals surface area (Å²) in [6, 6.07) is 0.117. The molecule has 1 aromatic heterocycles. The van der Waals surface area contributed by atoms with Gasteiger partial charge in [0.05, 0.1) is 12.4 Å². The second kappa shape index (κ2) is 4.91. The number of anilines is 1. The number of methoxy groups -OCH3 is 1. The molecule has 17 heavy (non-hydrogen) atoms. The molecule has 1 fully saturated rings. The van der Waals surface area contributed by atoms with Crippen LogP contribution in [0.4, 0.5) is 5.95 Å². The van der Waals surface area contributed by atoms with E-state index in [1.807, 2.05) is 0 Å². The van der Waals surface area contributed by atoms with Crippen molar-refractivity contribution in [3.63, 3.8) is 0 Å². The summed E-state index contributed by atoms with van der Waals surface area (Å²) >= 11 is 0. The van der Waals surface area contributed by atoms with Gasteiger partial charge < -0.3 is 4.74 Å². The lowest BCUT2D eigenvalue weighted by Crippen LogP contribution is -2.30. The van der Waals surface area contributed by atoms with Crippen molar-refractivity contribution in [1.29, 1.82) is 0 Å². The Bertz CT molecular complexity index is 464. The van der Waals surface area contributed by atoms with Gasteiger partial charge in [-0.2, -0.15) is 4.98 Å². The molecular weight excluding hydrogens is 244 g/mol. The van der Waals surface area contributed by atoms with Crippen LogP contribution in [0.25, 0.3) is 0 Å². The summed E-state index contributed by atoms with van der Waals surface area (Å²) in [5, 5.41) is 5.83. The van der Waals surface area contributed by atoms with Crippen LogP contribution in [0.5, 0.6) is 6.01 Å². The minimum absolute atomic E-state index is 0.104. The average Bonchev–Trinajstić information content (AvgIpc) is 2.77. The fourth-order valence-corrected chi connectivity index (χ4v) is 3.46. The fraction of sp³-hybridized carbons (Fsp3) is 0.778. The van der Waals surface area contributed by atoms with E-state index in [1.165, 1.54) is 7.11 Å². The molecule has 0 spiro atoms. The molecule has 1 aliphatic rings. The SMILES string of the molecule is COc1n[nH]c(NS(=O)(=O)C2CCCCC2)n1. The van der Waals surface area contributed by atoms with Gasteiger partial charge in [-0.3, -0.25) is 4.72 Å². The van der Waals surface area contributed by atoms with Gasteiger partial charge in [-0.25, -0.2) is 13.5 Å². The summed E-state index contributed by atoms with van der Waals surface area (Å²) in [6.45, 7) is 0. The van der Waals surface area contributed by atoms with E-state index < -0.39 is 10.0 Å². The maximum atomic E-state index is 12.0. The normalized spacial score (nSPS) is 17.9. The number of H-pyrrole nitrogens is 1. The second-order valence-corrected chi connectivity index (χ2v) is 6.04. The van der Waals surface area contributed by atoms with Crippen molar-refractivity contribution in [3.05, 3.63) is 0 Å². The third kappa shape index (κ3) is 2.87. The van der Waals surface area contributed by atoms with Gasteiger partial charge in [0.1, 0.15) is 0 Å². The predicted octanol–water partition coefficient (Wildman–Crippen LogP) is 0.888. The van der Waals surface area contributed by atoms with Crippen LogP contribution in [0.15, 0.2) is 0 Å². The lowest BCUT2D eigenvalue weighted by atomic mass is 10.0. The van der Waals surface area contributed by atoms with Crippen molar-refractivity contribution in [3.8, 4) is 6.01 Å². The van der Waals surface area contributed by atoms with Gasteiger partial charge in [0.15, 0.2) is 0 Å². The third-order valence-corrected chi connectivity index (χ3v) is 4.70. The van der Waals surface area contributed by atoms with Gasteiger partial charge in [0.2, 0.25) is 16.0 Å². The Labute approximate surface area is 100 Å². The van der Waals surface area contributed by atoms with Crippen molar-refractivity contribution in [2.24, 2.45) is 0 Å². The molecule has 2 N–H and O–H groups in total. The van der Waals surface area contributed by atoms with E-state index in [9.17, 15) is 8.42 Å². The summed E-state index contributed by atoms with van der Waals surface area (Å²) in [7, 11) is -1.95. The molecule has 7 nitrogen and oxygen atoms in total. The van der Waals surface area contributed by atoms with Crippen LogP contribution in [0.3, 0.4) is 0 Å². The standard InChI is InChI=1S/C9H16N4O3S/c1-16-9-10-8(11-12-9)13-17(14,15)7-5-3-2-4-6-7/h7H,2-6H2,1H3,(H2,10,11,12,13). The average molecular weight is 260 g/mol. The summed E-state index contributed by atoms with van der Waals surface area (Å²) < 4.78 is 31.2. The zero-order valence-electron chi connectivity index (χ0n) is 9.64. The summed E-state index contributed by atoms with van der Waals surface area (Å²) in [6.07, 6.45) is 4.46. The molecule has 0 amide bonds. The Morgan fingerprint density at radius 2 is 2.06 bits per heavy atom. The number of nitrogens with one attached hydrogen (secondary N) is 2. The number of hydrogen-bond acceptors (Lipinski definition) is 5. The van der Waals surface area contributed by atoms with Crippen LogP contribution in [0.1, 0.15) is 32.1 Å². The van der Waals surface area contributed by atoms with Crippen molar-refractivity contribution in [2.75, 3.05) is 11.8 Å². The molecule has 0 aliphatic heterocycles. The van der Waals surface area contributed by atoms with Crippen molar-refractivity contribution >= 4 is 16.0 Å². The molecule has 8 heteroatoms. The van der Waals surface area contributed by atoms with Crippen molar-refractivity contribution in [1.82, 2.24) is 15.2 Å². The van der Waals surface area contributed by atoms with Gasteiger partial charge >= 0.3 is 6.01 Å². The van der Waals surface area contributed by atoms with E-state index in [0.29, 0.717) is 12.8 Å². The van der Waals surface area contributed by atoms with Gasteiger partial charge in [0, 0.05) is 0 Å². The lowest BCUT2D eigenvalue weighted by Gasteiger charge is -2.21. The molecule has 96 valence electrons. The van der Waals surface area contributed by atoms with E-state index >= 15 is 0 Å². The topological polar surface area (TPSA) is 97.0 Å². The molecule has 0 saturated heterocycles. The minimum Gasteiger partial charge on any atom is -0.466 e. The molecule has 1 saturated carbocycles. The molecule has 1 aliphatic carbocycles. The number of nitrogens with zero attached hydrogens (tertiary/aromatic N) is 2. The Kier molecular flexibility index (Phi) is 3.51. The van der Waals surface area contributed by atoms with Crippen LogP contribution in [-0.2, 0) is 10.0 Å². The highest BCUT2D eigenvalue weighted by Gasteiger charge is 2.28. The predicted molar refractivity (Wildman–Crippen MR) is 62.4 cm³/mol. The first-order chi connectivity index (χ1) is 8.12. The molecule has 2 rings (SSSR count). The minimum atomic E-state index is -3.37. The Balaban J connectivity index is 2.05. The van der Waals surface area contributed by atoms with Crippen LogP contribution in [-0.4, -0.2) is 36.0 Å². The first-order valence-corrected chi connectivity index (χ1v) is 7.14. The number of ether oxygens (including phenoxy) is 1. The second-order valence-electron chi connectivity index (χ2n) is 4.08. The molecule has 0 radical (unpaired) electrons. The van der Waals surface area contributed by atoms with Gasteiger partial charge in [-0.15, -0.1) is 5.10 Å². The summed E-state index contributed by atoms with van der Waals surface area (Å²) in [4.78, 5) is 3.83. The van der Waals surface area contributed by atoms with Crippen LogP contribution in [0.2, 0.25) is 0 Å². The number of hydrogen-bond donors (Lipinski definition) is 2. The molecule has 0 atom stereocenters. The quantitative estimate of drug-likeness (QED) is 0.837. The number of sulfonamides is 1. The maximum absolute atomic E-state index is 12.0. The maximum Gasteiger partial charge on any atom is 0.336 e. The fourth-order valence-electron chi connectivity index (χ4n) is 1.98. The van der Waals surface area contributed by atoms with Crippen LogP contribution < -0.4 is 9.46 Å². The van der Waals surface area contributed by atoms with Crippen LogP contribution in [0, 0.1) is 0 Å². The van der Waals surface area contributed by atoms with E-state index in [4.69, 9.17) is 4.74 Å². The number of aromatic amines is 1. The summed E-state index contributed by atoms with van der Waals surface area (Å²) in [5.74, 6) is 0.104.